The van der Waals surface area contributed by atoms with Gasteiger partial charge in [-0.2, -0.15) is 11.8 Å². The van der Waals surface area contributed by atoms with Crippen molar-refractivity contribution in [2.75, 3.05) is 19.1 Å². The van der Waals surface area contributed by atoms with Crippen LogP contribution < -0.4 is 16.0 Å². The zero-order valence-electron chi connectivity index (χ0n) is 17.2. The molecule has 0 heterocycles. The van der Waals surface area contributed by atoms with Crippen LogP contribution in [0.1, 0.15) is 32.7 Å². The summed E-state index contributed by atoms with van der Waals surface area (Å²) < 4.78 is 0. The Hall–Kier alpha value is -3.40. The minimum absolute atomic E-state index is 0.106. The van der Waals surface area contributed by atoms with Crippen LogP contribution in [0, 0.1) is 10.1 Å². The lowest BCUT2D eigenvalue weighted by Crippen LogP contribution is -2.46. The minimum atomic E-state index is -0.804. The Morgan fingerprint density at radius 3 is 2.39 bits per heavy atom. The molecule has 164 valence electrons. The topological polar surface area (TPSA) is 130 Å². The Balaban J connectivity index is 2.06. The summed E-state index contributed by atoms with van der Waals surface area (Å²) in [5.74, 6) is -0.528. The molecule has 2 aromatic carbocycles. The van der Waals surface area contributed by atoms with E-state index in [1.807, 2.05) is 6.26 Å². The van der Waals surface area contributed by atoms with Gasteiger partial charge in [0.15, 0.2) is 0 Å². The number of carbonyl (C=O) groups excluding carboxylic acids is 3. The highest BCUT2D eigenvalue weighted by molar-refractivity contribution is 7.98. The summed E-state index contributed by atoms with van der Waals surface area (Å²) in [6.07, 6.45) is 2.29. The van der Waals surface area contributed by atoms with E-state index in [9.17, 15) is 24.5 Å². The van der Waals surface area contributed by atoms with Crippen LogP contribution >= 0.6 is 11.8 Å². The fourth-order valence-corrected chi connectivity index (χ4v) is 3.26. The standard InChI is InChI=1S/C21H24N4O5S/c1-22-19(26)15-6-3-5-14(11-15)13-23-21(28)18(9-10-31-2)24-20(27)16-7-4-8-17(12-16)25(29)30/h3-8,11-12,18H,9-10,13H2,1-2H3,(H,22,26)(H,23,28)(H,24,27). The van der Waals surface area contributed by atoms with Crippen molar-refractivity contribution in [1.29, 1.82) is 0 Å². The monoisotopic (exact) mass is 444 g/mol. The summed E-state index contributed by atoms with van der Waals surface area (Å²) in [6.45, 7) is 0.187. The summed E-state index contributed by atoms with van der Waals surface area (Å²) in [7, 11) is 1.54. The predicted octanol–water partition coefficient (Wildman–Crippen LogP) is 2.12. The molecule has 0 aliphatic carbocycles. The second-order valence-electron chi connectivity index (χ2n) is 6.61. The van der Waals surface area contributed by atoms with Gasteiger partial charge in [-0.15, -0.1) is 0 Å². The van der Waals surface area contributed by atoms with Gasteiger partial charge in [0.2, 0.25) is 5.91 Å². The largest absolute Gasteiger partial charge is 0.355 e. The van der Waals surface area contributed by atoms with E-state index in [2.05, 4.69) is 16.0 Å². The molecule has 2 rings (SSSR count). The maximum Gasteiger partial charge on any atom is 0.270 e. The third-order valence-corrected chi connectivity index (χ3v) is 5.08. The average Bonchev–Trinajstić information content (AvgIpc) is 2.79. The maximum absolute atomic E-state index is 12.7. The van der Waals surface area contributed by atoms with E-state index in [-0.39, 0.29) is 29.6 Å². The second kappa shape index (κ2) is 11.7. The number of non-ortho nitro benzene ring substituents is 1. The molecule has 0 aliphatic rings. The van der Waals surface area contributed by atoms with Crippen LogP contribution in [-0.4, -0.2) is 47.7 Å². The van der Waals surface area contributed by atoms with E-state index in [1.165, 1.54) is 43.1 Å². The molecule has 3 amide bonds. The van der Waals surface area contributed by atoms with Gasteiger partial charge in [0.05, 0.1) is 4.92 Å². The molecule has 0 saturated heterocycles. The second-order valence-corrected chi connectivity index (χ2v) is 7.60. The highest BCUT2D eigenvalue weighted by Gasteiger charge is 2.22. The highest BCUT2D eigenvalue weighted by atomic mass is 32.2. The van der Waals surface area contributed by atoms with E-state index in [1.54, 1.807) is 24.3 Å². The van der Waals surface area contributed by atoms with E-state index < -0.39 is 16.9 Å². The molecule has 0 radical (unpaired) electrons. The lowest BCUT2D eigenvalue weighted by Gasteiger charge is -2.18. The molecule has 0 aromatic heterocycles. The average molecular weight is 445 g/mol. The summed E-state index contributed by atoms with van der Waals surface area (Å²) in [5, 5.41) is 18.9. The Kier molecular flexibility index (Phi) is 9.01. The molecule has 0 bridgehead atoms. The molecule has 10 heteroatoms. The first kappa shape index (κ1) is 23.9. The van der Waals surface area contributed by atoms with Gasteiger partial charge in [-0.3, -0.25) is 24.5 Å². The van der Waals surface area contributed by atoms with Crippen LogP contribution in [0.4, 0.5) is 5.69 Å². The fourth-order valence-electron chi connectivity index (χ4n) is 2.79. The first-order chi connectivity index (χ1) is 14.8. The molecular formula is C21H24N4O5S. The first-order valence-corrected chi connectivity index (χ1v) is 10.9. The molecule has 0 aliphatic heterocycles. The van der Waals surface area contributed by atoms with Gasteiger partial charge in [0.25, 0.3) is 17.5 Å². The van der Waals surface area contributed by atoms with Crippen molar-refractivity contribution in [3.63, 3.8) is 0 Å². The van der Waals surface area contributed by atoms with Gasteiger partial charge in [0, 0.05) is 36.9 Å². The number of amides is 3. The SMILES string of the molecule is CNC(=O)c1cccc(CNC(=O)C(CCSC)NC(=O)c2cccc([N+](=O)[O-])c2)c1. The minimum Gasteiger partial charge on any atom is -0.355 e. The van der Waals surface area contributed by atoms with Crippen molar-refractivity contribution < 1.29 is 19.3 Å². The number of hydrogen-bond donors (Lipinski definition) is 3. The highest BCUT2D eigenvalue weighted by Crippen LogP contribution is 2.14. The summed E-state index contributed by atoms with van der Waals surface area (Å²) in [4.78, 5) is 47.4. The predicted molar refractivity (Wildman–Crippen MR) is 119 cm³/mol. The van der Waals surface area contributed by atoms with E-state index >= 15 is 0 Å². The van der Waals surface area contributed by atoms with Crippen LogP contribution in [0.15, 0.2) is 48.5 Å². The number of benzene rings is 2. The summed E-state index contributed by atoms with van der Waals surface area (Å²) in [5.41, 5.74) is 1.12. The molecule has 1 unspecified atom stereocenters. The Morgan fingerprint density at radius 1 is 1.06 bits per heavy atom. The van der Waals surface area contributed by atoms with Crippen molar-refractivity contribution in [3.05, 3.63) is 75.3 Å². The Labute approximate surface area is 184 Å². The third kappa shape index (κ3) is 7.10. The van der Waals surface area contributed by atoms with Crippen LogP contribution in [0.2, 0.25) is 0 Å². The lowest BCUT2D eigenvalue weighted by molar-refractivity contribution is -0.384. The summed E-state index contributed by atoms with van der Waals surface area (Å²) >= 11 is 1.53. The quantitative estimate of drug-likeness (QED) is 0.380. The van der Waals surface area contributed by atoms with Crippen molar-refractivity contribution in [2.24, 2.45) is 0 Å². The molecule has 3 N–H and O–H groups in total. The Bertz CT molecular complexity index is 966. The van der Waals surface area contributed by atoms with Crippen LogP contribution in [-0.2, 0) is 11.3 Å². The molecule has 31 heavy (non-hydrogen) atoms. The van der Waals surface area contributed by atoms with Crippen LogP contribution in [0.25, 0.3) is 0 Å². The zero-order chi connectivity index (χ0) is 22.8. The van der Waals surface area contributed by atoms with Gasteiger partial charge in [0.1, 0.15) is 6.04 Å². The third-order valence-electron chi connectivity index (χ3n) is 4.43. The van der Waals surface area contributed by atoms with Gasteiger partial charge >= 0.3 is 0 Å². The summed E-state index contributed by atoms with van der Waals surface area (Å²) in [6, 6.07) is 11.4. The van der Waals surface area contributed by atoms with E-state index in [4.69, 9.17) is 0 Å². The molecule has 0 saturated carbocycles. The van der Waals surface area contributed by atoms with Crippen LogP contribution in [0.5, 0.6) is 0 Å². The number of carbonyl (C=O) groups is 3. The number of rotatable bonds is 10. The van der Waals surface area contributed by atoms with Gasteiger partial charge in [-0.25, -0.2) is 0 Å². The van der Waals surface area contributed by atoms with E-state index in [0.29, 0.717) is 17.7 Å². The smallest absolute Gasteiger partial charge is 0.270 e. The normalized spacial score (nSPS) is 11.3. The lowest BCUT2D eigenvalue weighted by atomic mass is 10.1. The van der Waals surface area contributed by atoms with Gasteiger partial charge in [-0.05, 0) is 42.2 Å². The maximum atomic E-state index is 12.7. The Morgan fingerprint density at radius 2 is 1.74 bits per heavy atom. The van der Waals surface area contributed by atoms with E-state index in [0.717, 1.165) is 5.56 Å². The number of nitrogens with zero attached hydrogens (tertiary/aromatic N) is 1. The van der Waals surface area contributed by atoms with Crippen LogP contribution in [0.3, 0.4) is 0 Å². The number of hydrogen-bond acceptors (Lipinski definition) is 6. The molecule has 0 spiro atoms. The number of nitro benzene ring substituents is 1. The molecule has 2 aromatic rings. The van der Waals surface area contributed by atoms with Crippen molar-refractivity contribution in [3.8, 4) is 0 Å². The molecule has 0 fully saturated rings. The number of thioether (sulfide) groups is 1. The molecule has 9 nitrogen and oxygen atoms in total. The first-order valence-electron chi connectivity index (χ1n) is 9.48. The van der Waals surface area contributed by atoms with Gasteiger partial charge < -0.3 is 16.0 Å². The number of nitro groups is 1. The number of nitrogens with one attached hydrogen (secondary N) is 3. The fraction of sp³-hybridized carbons (Fsp3) is 0.286. The zero-order valence-corrected chi connectivity index (χ0v) is 18.0. The van der Waals surface area contributed by atoms with Crippen molar-refractivity contribution in [2.45, 2.75) is 19.0 Å². The molecule has 1 atom stereocenters. The van der Waals surface area contributed by atoms with Gasteiger partial charge in [-0.1, -0.05) is 18.2 Å². The van der Waals surface area contributed by atoms with Crippen molar-refractivity contribution >= 4 is 35.2 Å². The van der Waals surface area contributed by atoms with Crippen molar-refractivity contribution in [1.82, 2.24) is 16.0 Å². The molecular weight excluding hydrogens is 420 g/mol.